The predicted molar refractivity (Wildman–Crippen MR) is 93.4 cm³/mol. The maximum absolute atomic E-state index is 14.2. The van der Waals surface area contributed by atoms with E-state index < -0.39 is 11.8 Å². The van der Waals surface area contributed by atoms with Crippen molar-refractivity contribution in [2.75, 3.05) is 6.54 Å². The van der Waals surface area contributed by atoms with Crippen LogP contribution in [0.25, 0.3) is 0 Å². The maximum atomic E-state index is 14.2. The van der Waals surface area contributed by atoms with E-state index in [1.165, 1.54) is 18.4 Å². The van der Waals surface area contributed by atoms with Crippen LogP contribution in [0.15, 0.2) is 47.1 Å². The van der Waals surface area contributed by atoms with Crippen molar-refractivity contribution in [3.8, 4) is 0 Å². The molecule has 3 N–H and O–H groups in total. The van der Waals surface area contributed by atoms with Gasteiger partial charge in [0.05, 0.1) is 12.8 Å². The molecule has 0 unspecified atom stereocenters. The van der Waals surface area contributed by atoms with Gasteiger partial charge in [-0.3, -0.25) is 20.4 Å². The predicted octanol–water partition coefficient (Wildman–Crippen LogP) is 2.70. The molecule has 138 valence electrons. The quantitative estimate of drug-likeness (QED) is 0.693. The summed E-state index contributed by atoms with van der Waals surface area (Å²) in [4.78, 5) is 23.8. The third-order valence-corrected chi connectivity index (χ3v) is 4.65. The molecule has 26 heavy (non-hydrogen) atoms. The number of hydrogen-bond acceptors (Lipinski definition) is 4. The normalized spacial score (nSPS) is 15.6. The van der Waals surface area contributed by atoms with Crippen LogP contribution in [0.4, 0.5) is 4.39 Å². The van der Waals surface area contributed by atoms with Gasteiger partial charge < -0.3 is 9.73 Å². The molecule has 1 fully saturated rings. The summed E-state index contributed by atoms with van der Waals surface area (Å²) in [6, 6.07) is 9.48. The highest BCUT2D eigenvalue weighted by Crippen LogP contribution is 2.36. The van der Waals surface area contributed by atoms with Crippen molar-refractivity contribution in [3.05, 3.63) is 59.8 Å². The zero-order valence-corrected chi connectivity index (χ0v) is 14.3. The van der Waals surface area contributed by atoms with Crippen LogP contribution < -0.4 is 16.2 Å². The van der Waals surface area contributed by atoms with E-state index in [1.807, 2.05) is 0 Å². The molecule has 1 aliphatic carbocycles. The van der Waals surface area contributed by atoms with E-state index in [9.17, 15) is 14.0 Å². The number of benzene rings is 1. The standard InChI is InChI=1S/C19H22FN3O3/c20-15-9-4-3-8-14(15)18(13-6-1-2-7-13)21-12-17(24)22-23-19(25)16-10-5-11-26-16/h3-5,8-11,13,18,21H,1-2,6-7,12H2,(H,22,24)(H,23,25)/t18-/m1/s1. The Morgan fingerprint density at radius 3 is 2.58 bits per heavy atom. The van der Waals surface area contributed by atoms with Crippen molar-refractivity contribution < 1.29 is 18.4 Å². The molecule has 0 aliphatic heterocycles. The van der Waals surface area contributed by atoms with Gasteiger partial charge in [-0.1, -0.05) is 31.0 Å². The van der Waals surface area contributed by atoms with Crippen molar-refractivity contribution in [2.45, 2.75) is 31.7 Å². The lowest BCUT2D eigenvalue weighted by Gasteiger charge is -2.25. The first-order valence-electron chi connectivity index (χ1n) is 8.75. The Hall–Kier alpha value is -2.67. The maximum Gasteiger partial charge on any atom is 0.305 e. The average molecular weight is 359 g/mol. The summed E-state index contributed by atoms with van der Waals surface area (Å²) < 4.78 is 19.2. The van der Waals surface area contributed by atoms with E-state index in [0.717, 1.165) is 25.7 Å². The van der Waals surface area contributed by atoms with Crippen LogP contribution in [-0.2, 0) is 4.79 Å². The molecule has 1 saturated carbocycles. The lowest BCUT2D eigenvalue weighted by Crippen LogP contribution is -2.46. The SMILES string of the molecule is O=C(CN[C@@H](c1ccccc1F)C1CCCC1)NNC(=O)c1ccco1. The third kappa shape index (κ3) is 4.49. The molecule has 1 heterocycles. The van der Waals surface area contributed by atoms with E-state index in [4.69, 9.17) is 4.42 Å². The van der Waals surface area contributed by atoms with Crippen molar-refractivity contribution in [2.24, 2.45) is 5.92 Å². The molecule has 3 rings (SSSR count). The van der Waals surface area contributed by atoms with Gasteiger partial charge in [0.15, 0.2) is 5.76 Å². The number of nitrogens with one attached hydrogen (secondary N) is 3. The molecule has 1 aromatic carbocycles. The Morgan fingerprint density at radius 1 is 1.12 bits per heavy atom. The van der Waals surface area contributed by atoms with Gasteiger partial charge in [-0.2, -0.15) is 0 Å². The molecule has 1 aliphatic rings. The fraction of sp³-hybridized carbons (Fsp3) is 0.368. The molecule has 0 saturated heterocycles. The molecular weight excluding hydrogens is 337 g/mol. The van der Waals surface area contributed by atoms with Gasteiger partial charge in [-0.15, -0.1) is 0 Å². The highest BCUT2D eigenvalue weighted by molar-refractivity contribution is 5.93. The number of carbonyl (C=O) groups is 2. The van der Waals surface area contributed by atoms with E-state index in [2.05, 4.69) is 16.2 Å². The number of hydrogen-bond donors (Lipinski definition) is 3. The molecule has 0 bridgehead atoms. The van der Waals surface area contributed by atoms with E-state index in [1.54, 1.807) is 24.3 Å². The molecule has 7 heteroatoms. The summed E-state index contributed by atoms with van der Waals surface area (Å²) in [7, 11) is 0. The molecule has 2 amide bonds. The molecule has 6 nitrogen and oxygen atoms in total. The minimum absolute atomic E-state index is 0.0338. The summed E-state index contributed by atoms with van der Waals surface area (Å²) in [5, 5.41) is 3.15. The lowest BCUT2D eigenvalue weighted by molar-refractivity contribution is -0.121. The number of halogens is 1. The van der Waals surface area contributed by atoms with Gasteiger partial charge >= 0.3 is 5.91 Å². The van der Waals surface area contributed by atoms with Crippen LogP contribution in [0.3, 0.4) is 0 Å². The van der Waals surface area contributed by atoms with E-state index in [-0.39, 0.29) is 30.1 Å². The number of furan rings is 1. The molecule has 0 spiro atoms. The molecule has 2 aromatic rings. The van der Waals surface area contributed by atoms with Gasteiger partial charge in [-0.25, -0.2) is 4.39 Å². The van der Waals surface area contributed by atoms with Gasteiger partial charge in [0, 0.05) is 11.6 Å². The van der Waals surface area contributed by atoms with Crippen molar-refractivity contribution in [1.82, 2.24) is 16.2 Å². The Kier molecular flexibility index (Phi) is 6.01. The monoisotopic (exact) mass is 359 g/mol. The summed E-state index contributed by atoms with van der Waals surface area (Å²) in [6.07, 6.45) is 5.61. The average Bonchev–Trinajstić information content (AvgIpc) is 3.35. The van der Waals surface area contributed by atoms with Gasteiger partial charge in [-0.05, 0) is 37.0 Å². The van der Waals surface area contributed by atoms with Crippen LogP contribution in [0.5, 0.6) is 0 Å². The summed E-state index contributed by atoms with van der Waals surface area (Å²) in [5.41, 5.74) is 5.19. The highest BCUT2D eigenvalue weighted by Gasteiger charge is 2.28. The highest BCUT2D eigenvalue weighted by atomic mass is 19.1. The lowest BCUT2D eigenvalue weighted by atomic mass is 9.91. The van der Waals surface area contributed by atoms with E-state index >= 15 is 0 Å². The third-order valence-electron chi connectivity index (χ3n) is 4.65. The summed E-state index contributed by atoms with van der Waals surface area (Å²) in [5.74, 6) is -0.830. The number of rotatable bonds is 6. The van der Waals surface area contributed by atoms with Gasteiger partial charge in [0.1, 0.15) is 5.82 Å². The molecule has 1 atom stereocenters. The first-order chi connectivity index (χ1) is 12.6. The van der Waals surface area contributed by atoms with Crippen LogP contribution in [0, 0.1) is 11.7 Å². The van der Waals surface area contributed by atoms with Gasteiger partial charge in [0.2, 0.25) is 0 Å². The number of amides is 2. The zero-order valence-electron chi connectivity index (χ0n) is 14.3. The topological polar surface area (TPSA) is 83.4 Å². The fourth-order valence-electron chi connectivity index (χ4n) is 3.39. The number of hydrazine groups is 1. The van der Waals surface area contributed by atoms with Crippen LogP contribution >= 0.6 is 0 Å². The van der Waals surface area contributed by atoms with Crippen molar-refractivity contribution >= 4 is 11.8 Å². The first kappa shape index (κ1) is 18.1. The second-order valence-corrected chi connectivity index (χ2v) is 6.40. The second-order valence-electron chi connectivity index (χ2n) is 6.40. The summed E-state index contributed by atoms with van der Waals surface area (Å²) in [6.45, 7) is -0.0338. The minimum Gasteiger partial charge on any atom is -0.459 e. The Balaban J connectivity index is 1.56. The smallest absolute Gasteiger partial charge is 0.305 e. The molecular formula is C19H22FN3O3. The van der Waals surface area contributed by atoms with Crippen LogP contribution in [0.1, 0.15) is 47.8 Å². The molecule has 1 aromatic heterocycles. The van der Waals surface area contributed by atoms with Crippen molar-refractivity contribution in [3.63, 3.8) is 0 Å². The van der Waals surface area contributed by atoms with Crippen LogP contribution in [-0.4, -0.2) is 18.4 Å². The Labute approximate surface area is 151 Å². The second kappa shape index (κ2) is 8.62. The zero-order chi connectivity index (χ0) is 18.4. The summed E-state index contributed by atoms with van der Waals surface area (Å²) >= 11 is 0. The van der Waals surface area contributed by atoms with Crippen LogP contribution in [0.2, 0.25) is 0 Å². The largest absolute Gasteiger partial charge is 0.459 e. The Morgan fingerprint density at radius 2 is 1.88 bits per heavy atom. The Bertz CT molecular complexity index is 742. The molecule has 0 radical (unpaired) electrons. The fourth-order valence-corrected chi connectivity index (χ4v) is 3.39. The number of carbonyl (C=O) groups excluding carboxylic acids is 2. The van der Waals surface area contributed by atoms with Gasteiger partial charge in [0.25, 0.3) is 5.91 Å². The van der Waals surface area contributed by atoms with Crippen molar-refractivity contribution in [1.29, 1.82) is 0 Å². The van der Waals surface area contributed by atoms with E-state index in [0.29, 0.717) is 5.56 Å². The minimum atomic E-state index is -0.537. The first-order valence-corrected chi connectivity index (χ1v) is 8.75.